The molecule has 1 atom stereocenters. The predicted octanol–water partition coefficient (Wildman–Crippen LogP) is 5.29. The summed E-state index contributed by atoms with van der Waals surface area (Å²) in [6, 6.07) is 15.3. The topological polar surface area (TPSA) is 0 Å². The molecule has 0 bridgehead atoms. The first kappa shape index (κ1) is 13.4. The highest BCUT2D eigenvalue weighted by molar-refractivity contribution is 9.09. The molecule has 0 nitrogen and oxygen atoms in total. The number of aryl methyl sites for hydroxylation is 3. The quantitative estimate of drug-likeness (QED) is 0.676. The minimum absolute atomic E-state index is 0.388. The van der Waals surface area contributed by atoms with Gasteiger partial charge in [-0.1, -0.05) is 64.0 Å². The fourth-order valence-electron chi connectivity index (χ4n) is 2.32. The summed E-state index contributed by atoms with van der Waals surface area (Å²) in [4.78, 5) is 0.388. The van der Waals surface area contributed by atoms with Crippen LogP contribution in [0.3, 0.4) is 0 Å². The van der Waals surface area contributed by atoms with E-state index in [-0.39, 0.29) is 0 Å². The van der Waals surface area contributed by atoms with E-state index in [0.717, 1.165) is 6.42 Å². The Bertz CT molecular complexity index is 543. The number of hydrogen-bond acceptors (Lipinski definition) is 0. The number of hydrogen-bond donors (Lipinski definition) is 0. The van der Waals surface area contributed by atoms with Crippen molar-refractivity contribution >= 4 is 15.9 Å². The van der Waals surface area contributed by atoms with Crippen molar-refractivity contribution in [2.75, 3.05) is 0 Å². The van der Waals surface area contributed by atoms with E-state index in [2.05, 4.69) is 79.2 Å². The largest absolute Gasteiger partial charge is 0.0835 e. The van der Waals surface area contributed by atoms with Crippen LogP contribution in [0.2, 0.25) is 0 Å². The normalized spacial score (nSPS) is 12.4. The molecule has 0 radical (unpaired) electrons. The molecule has 2 rings (SSSR count). The van der Waals surface area contributed by atoms with E-state index in [1.807, 2.05) is 0 Å². The van der Waals surface area contributed by atoms with Gasteiger partial charge in [-0.15, -0.1) is 0 Å². The highest BCUT2D eigenvalue weighted by Crippen LogP contribution is 2.30. The third-order valence-electron chi connectivity index (χ3n) is 3.42. The van der Waals surface area contributed by atoms with Gasteiger partial charge in [-0.25, -0.2) is 0 Å². The molecule has 94 valence electrons. The molecular weight excluding hydrogens is 284 g/mol. The van der Waals surface area contributed by atoms with Gasteiger partial charge in [-0.3, -0.25) is 0 Å². The number of alkyl halides is 1. The summed E-state index contributed by atoms with van der Waals surface area (Å²) in [7, 11) is 0. The summed E-state index contributed by atoms with van der Waals surface area (Å²) in [5.74, 6) is 0. The van der Waals surface area contributed by atoms with Crippen LogP contribution in [0.15, 0.2) is 42.5 Å². The summed E-state index contributed by atoms with van der Waals surface area (Å²) in [5.41, 5.74) is 6.87. The Labute approximate surface area is 118 Å². The first-order chi connectivity index (χ1) is 8.58. The SMILES string of the molecule is Cc1ccc(C(Br)Cc2ccccc2C)c(C)c1. The molecule has 0 amide bonds. The van der Waals surface area contributed by atoms with Crippen molar-refractivity contribution < 1.29 is 0 Å². The molecule has 2 aromatic rings. The van der Waals surface area contributed by atoms with Gasteiger partial charge < -0.3 is 0 Å². The van der Waals surface area contributed by atoms with Gasteiger partial charge in [0.15, 0.2) is 0 Å². The van der Waals surface area contributed by atoms with Gasteiger partial charge in [0, 0.05) is 4.83 Å². The predicted molar refractivity (Wildman–Crippen MR) is 82.5 cm³/mol. The second-order valence-corrected chi connectivity index (χ2v) is 6.06. The van der Waals surface area contributed by atoms with Crippen molar-refractivity contribution in [1.29, 1.82) is 0 Å². The van der Waals surface area contributed by atoms with Crippen molar-refractivity contribution in [3.05, 3.63) is 70.3 Å². The summed E-state index contributed by atoms with van der Waals surface area (Å²) in [5, 5.41) is 0. The molecule has 18 heavy (non-hydrogen) atoms. The Morgan fingerprint density at radius 2 is 1.67 bits per heavy atom. The Morgan fingerprint density at radius 3 is 2.33 bits per heavy atom. The molecule has 0 aliphatic carbocycles. The molecule has 0 saturated heterocycles. The number of rotatable bonds is 3. The summed E-state index contributed by atoms with van der Waals surface area (Å²) in [6.07, 6.45) is 1.04. The molecule has 0 aliphatic rings. The fraction of sp³-hybridized carbons (Fsp3) is 0.294. The maximum atomic E-state index is 3.83. The van der Waals surface area contributed by atoms with Crippen LogP contribution in [0.25, 0.3) is 0 Å². The smallest absolute Gasteiger partial charge is 0.0438 e. The molecule has 0 fully saturated rings. The van der Waals surface area contributed by atoms with Gasteiger partial charge >= 0.3 is 0 Å². The van der Waals surface area contributed by atoms with Crippen LogP contribution in [0.1, 0.15) is 32.6 Å². The van der Waals surface area contributed by atoms with Crippen molar-refractivity contribution in [2.24, 2.45) is 0 Å². The summed E-state index contributed by atoms with van der Waals surface area (Å²) >= 11 is 3.83. The Kier molecular flexibility index (Phi) is 4.23. The maximum Gasteiger partial charge on any atom is 0.0438 e. The van der Waals surface area contributed by atoms with E-state index in [1.165, 1.54) is 27.8 Å². The summed E-state index contributed by atoms with van der Waals surface area (Å²) < 4.78 is 0. The Balaban J connectivity index is 2.22. The van der Waals surface area contributed by atoms with E-state index in [9.17, 15) is 0 Å². The maximum absolute atomic E-state index is 3.83. The third kappa shape index (κ3) is 3.02. The lowest BCUT2D eigenvalue weighted by Crippen LogP contribution is -1.99. The van der Waals surface area contributed by atoms with Gasteiger partial charge in [0.25, 0.3) is 0 Å². The molecule has 0 saturated carbocycles. The zero-order chi connectivity index (χ0) is 13.1. The molecule has 0 aromatic heterocycles. The van der Waals surface area contributed by atoms with E-state index in [1.54, 1.807) is 0 Å². The molecular formula is C17H19Br. The van der Waals surface area contributed by atoms with E-state index >= 15 is 0 Å². The van der Waals surface area contributed by atoms with E-state index in [4.69, 9.17) is 0 Å². The van der Waals surface area contributed by atoms with Gasteiger partial charge in [0.2, 0.25) is 0 Å². The first-order valence-electron chi connectivity index (χ1n) is 6.33. The minimum Gasteiger partial charge on any atom is -0.0835 e. The second kappa shape index (κ2) is 5.71. The first-order valence-corrected chi connectivity index (χ1v) is 7.25. The number of benzene rings is 2. The van der Waals surface area contributed by atoms with Gasteiger partial charge in [0.05, 0.1) is 0 Å². The van der Waals surface area contributed by atoms with Gasteiger partial charge in [0.1, 0.15) is 0 Å². The zero-order valence-corrected chi connectivity index (χ0v) is 12.8. The highest BCUT2D eigenvalue weighted by atomic mass is 79.9. The van der Waals surface area contributed by atoms with Crippen LogP contribution in [-0.4, -0.2) is 0 Å². The van der Waals surface area contributed by atoms with Gasteiger partial charge in [-0.2, -0.15) is 0 Å². The minimum atomic E-state index is 0.388. The lowest BCUT2D eigenvalue weighted by molar-refractivity contribution is 0.927. The second-order valence-electron chi connectivity index (χ2n) is 4.96. The molecule has 0 aliphatic heterocycles. The average Bonchev–Trinajstić information content (AvgIpc) is 2.32. The zero-order valence-electron chi connectivity index (χ0n) is 11.2. The van der Waals surface area contributed by atoms with E-state index < -0.39 is 0 Å². The monoisotopic (exact) mass is 302 g/mol. The van der Waals surface area contributed by atoms with Crippen molar-refractivity contribution in [3.8, 4) is 0 Å². The molecule has 1 heteroatoms. The van der Waals surface area contributed by atoms with Crippen LogP contribution < -0.4 is 0 Å². The molecule has 1 unspecified atom stereocenters. The standard InChI is InChI=1S/C17H19Br/c1-12-8-9-16(14(3)10-12)17(18)11-15-7-5-4-6-13(15)2/h4-10,17H,11H2,1-3H3. The van der Waals surface area contributed by atoms with Crippen LogP contribution in [0.5, 0.6) is 0 Å². The lowest BCUT2D eigenvalue weighted by atomic mass is 9.97. The Morgan fingerprint density at radius 1 is 0.944 bits per heavy atom. The number of halogens is 1. The molecule has 0 heterocycles. The lowest BCUT2D eigenvalue weighted by Gasteiger charge is -2.15. The molecule has 2 aromatic carbocycles. The Hall–Kier alpha value is -1.08. The van der Waals surface area contributed by atoms with Crippen LogP contribution in [-0.2, 0) is 6.42 Å². The van der Waals surface area contributed by atoms with Crippen molar-refractivity contribution in [1.82, 2.24) is 0 Å². The molecule has 0 spiro atoms. The summed E-state index contributed by atoms with van der Waals surface area (Å²) in [6.45, 7) is 6.51. The third-order valence-corrected chi connectivity index (χ3v) is 4.24. The van der Waals surface area contributed by atoms with Crippen LogP contribution in [0, 0.1) is 20.8 Å². The van der Waals surface area contributed by atoms with E-state index in [0.29, 0.717) is 4.83 Å². The average molecular weight is 303 g/mol. The highest BCUT2D eigenvalue weighted by Gasteiger charge is 2.12. The fourth-order valence-corrected chi connectivity index (χ4v) is 3.18. The molecule has 0 N–H and O–H groups in total. The van der Waals surface area contributed by atoms with Crippen molar-refractivity contribution in [2.45, 2.75) is 32.0 Å². The van der Waals surface area contributed by atoms with Gasteiger partial charge in [-0.05, 0) is 49.4 Å². The van der Waals surface area contributed by atoms with Crippen molar-refractivity contribution in [3.63, 3.8) is 0 Å². The van der Waals surface area contributed by atoms with Crippen LogP contribution >= 0.6 is 15.9 Å². The van der Waals surface area contributed by atoms with Crippen LogP contribution in [0.4, 0.5) is 0 Å².